The van der Waals surface area contributed by atoms with E-state index in [1.165, 1.54) is 11.1 Å². The van der Waals surface area contributed by atoms with E-state index in [0.29, 0.717) is 17.9 Å². The van der Waals surface area contributed by atoms with Crippen LogP contribution < -0.4 is 10.6 Å². The zero-order valence-electron chi connectivity index (χ0n) is 20.3. The quantitative estimate of drug-likeness (QED) is 0.542. The molecule has 0 spiro atoms. The molecule has 2 N–H and O–H groups in total. The number of carbonyl (C=O) groups excluding carboxylic acids is 2. The molecule has 0 aliphatic heterocycles. The minimum atomic E-state index is -0.489. The van der Waals surface area contributed by atoms with Crippen LogP contribution in [0.3, 0.4) is 0 Å². The van der Waals surface area contributed by atoms with Crippen molar-refractivity contribution in [3.8, 4) is 6.07 Å². The number of nitrogens with zero attached hydrogens (tertiary/aromatic N) is 2. The fraction of sp³-hybridized carbons (Fsp3) is 0.500. The summed E-state index contributed by atoms with van der Waals surface area (Å²) in [6, 6.07) is 13.3. The highest BCUT2D eigenvalue weighted by Crippen LogP contribution is 2.25. The summed E-state index contributed by atoms with van der Waals surface area (Å²) in [6.45, 7) is 4.07. The molecule has 2 aromatic rings. The molecule has 1 aromatic carbocycles. The Labute approximate surface area is 203 Å². The molecule has 2 amide bonds. The van der Waals surface area contributed by atoms with Gasteiger partial charge in [0.25, 0.3) is 5.91 Å². The Hall–Kier alpha value is -3.20. The predicted molar refractivity (Wildman–Crippen MR) is 133 cm³/mol. The van der Waals surface area contributed by atoms with E-state index in [1.807, 2.05) is 50.4 Å². The van der Waals surface area contributed by atoms with Gasteiger partial charge in [0.05, 0.1) is 12.0 Å². The average molecular weight is 461 g/mol. The number of hydrogen-bond acceptors (Lipinski definition) is 4. The van der Waals surface area contributed by atoms with Crippen molar-refractivity contribution in [1.29, 1.82) is 5.26 Å². The molecule has 0 radical (unpaired) electrons. The summed E-state index contributed by atoms with van der Waals surface area (Å²) in [7, 11) is 0. The standard InChI is InChI=1S/C28H36N4O2/c1-20(2)17-24(18-29)31-28(34)25-10-3-4-11-26(25)32-27(33)23-14-12-21(13-15-23)7-5-8-22-9-6-16-30-19-22/h6,9,12-16,19-20,24-26H,3-5,7-8,10-11,17H2,1-2H3,(H,31,34)(H,32,33)/t24-,25+,26-/m0/s1. The Bertz CT molecular complexity index is 966. The van der Waals surface area contributed by atoms with E-state index >= 15 is 0 Å². The summed E-state index contributed by atoms with van der Waals surface area (Å²) in [4.78, 5) is 30.0. The second-order valence-corrected chi connectivity index (χ2v) is 9.70. The van der Waals surface area contributed by atoms with Crippen LogP contribution >= 0.6 is 0 Å². The Kier molecular flexibility index (Phi) is 9.63. The molecule has 0 saturated heterocycles. The largest absolute Gasteiger partial charge is 0.349 e. The van der Waals surface area contributed by atoms with Gasteiger partial charge < -0.3 is 10.6 Å². The van der Waals surface area contributed by atoms with E-state index in [2.05, 4.69) is 27.8 Å². The molecule has 6 heteroatoms. The van der Waals surface area contributed by atoms with Crippen LogP contribution in [0.5, 0.6) is 0 Å². The molecule has 1 aromatic heterocycles. The molecule has 34 heavy (non-hydrogen) atoms. The number of aromatic nitrogens is 1. The molecule has 3 atom stereocenters. The number of hydrogen-bond donors (Lipinski definition) is 2. The maximum atomic E-state index is 12.9. The van der Waals surface area contributed by atoms with Gasteiger partial charge in [-0.3, -0.25) is 14.6 Å². The summed E-state index contributed by atoms with van der Waals surface area (Å²) >= 11 is 0. The Morgan fingerprint density at radius 1 is 1.09 bits per heavy atom. The van der Waals surface area contributed by atoms with Crippen molar-refractivity contribution < 1.29 is 9.59 Å². The van der Waals surface area contributed by atoms with E-state index in [1.54, 1.807) is 6.20 Å². The number of nitriles is 1. The summed E-state index contributed by atoms with van der Waals surface area (Å²) in [5, 5.41) is 15.4. The number of pyridine rings is 1. The average Bonchev–Trinajstić information content (AvgIpc) is 2.84. The number of benzene rings is 1. The maximum absolute atomic E-state index is 12.9. The van der Waals surface area contributed by atoms with Crippen molar-refractivity contribution in [2.75, 3.05) is 0 Å². The Morgan fingerprint density at radius 2 is 1.82 bits per heavy atom. The third-order valence-electron chi connectivity index (χ3n) is 6.47. The molecule has 0 bridgehead atoms. The van der Waals surface area contributed by atoms with Crippen molar-refractivity contribution in [1.82, 2.24) is 15.6 Å². The van der Waals surface area contributed by atoms with Crippen molar-refractivity contribution >= 4 is 11.8 Å². The van der Waals surface area contributed by atoms with Gasteiger partial charge in [-0.1, -0.05) is 44.9 Å². The molecule has 1 aliphatic carbocycles. The lowest BCUT2D eigenvalue weighted by atomic mass is 9.83. The first kappa shape index (κ1) is 25.4. The smallest absolute Gasteiger partial charge is 0.251 e. The normalized spacial score (nSPS) is 18.6. The summed E-state index contributed by atoms with van der Waals surface area (Å²) in [5.74, 6) is -0.246. The van der Waals surface area contributed by atoms with Crippen LogP contribution in [0.25, 0.3) is 0 Å². The maximum Gasteiger partial charge on any atom is 0.251 e. The zero-order chi connectivity index (χ0) is 24.3. The fourth-order valence-corrected chi connectivity index (χ4v) is 4.63. The van der Waals surface area contributed by atoms with E-state index < -0.39 is 6.04 Å². The molecule has 0 unspecified atom stereocenters. The highest BCUT2D eigenvalue weighted by atomic mass is 16.2. The van der Waals surface area contributed by atoms with Gasteiger partial charge in [0, 0.05) is 24.0 Å². The van der Waals surface area contributed by atoms with Crippen molar-refractivity contribution in [2.45, 2.75) is 77.3 Å². The molecule has 1 aliphatic rings. The van der Waals surface area contributed by atoms with Gasteiger partial charge in [0.15, 0.2) is 0 Å². The summed E-state index contributed by atoms with van der Waals surface area (Å²) < 4.78 is 0. The topological polar surface area (TPSA) is 94.9 Å². The van der Waals surface area contributed by atoms with E-state index in [0.717, 1.165) is 44.9 Å². The summed E-state index contributed by atoms with van der Waals surface area (Å²) in [6.07, 6.45) is 10.7. The molecule has 1 saturated carbocycles. The Balaban J connectivity index is 1.53. The molecular weight excluding hydrogens is 424 g/mol. The van der Waals surface area contributed by atoms with Gasteiger partial charge in [-0.2, -0.15) is 5.26 Å². The van der Waals surface area contributed by atoms with Crippen LogP contribution in [0, 0.1) is 23.2 Å². The lowest BCUT2D eigenvalue weighted by molar-refractivity contribution is -0.127. The monoisotopic (exact) mass is 460 g/mol. The molecule has 1 heterocycles. The van der Waals surface area contributed by atoms with Crippen LogP contribution in [0.1, 0.15) is 73.9 Å². The van der Waals surface area contributed by atoms with E-state index in [9.17, 15) is 14.9 Å². The second kappa shape index (κ2) is 12.9. The molecule has 6 nitrogen and oxygen atoms in total. The minimum absolute atomic E-state index is 0.124. The second-order valence-electron chi connectivity index (χ2n) is 9.70. The van der Waals surface area contributed by atoms with Crippen LogP contribution in [0.2, 0.25) is 0 Å². The molecule has 3 rings (SSSR count). The molecule has 1 fully saturated rings. The highest BCUT2D eigenvalue weighted by molar-refractivity contribution is 5.95. The van der Waals surface area contributed by atoms with Gasteiger partial charge in [0.1, 0.15) is 6.04 Å². The van der Waals surface area contributed by atoms with Crippen molar-refractivity contribution in [2.24, 2.45) is 11.8 Å². The van der Waals surface area contributed by atoms with Crippen molar-refractivity contribution in [3.05, 3.63) is 65.5 Å². The number of rotatable bonds is 10. The fourth-order valence-electron chi connectivity index (χ4n) is 4.63. The van der Waals surface area contributed by atoms with E-state index in [-0.39, 0.29) is 23.8 Å². The first-order chi connectivity index (χ1) is 16.5. The SMILES string of the molecule is CC(C)C[C@@H](C#N)NC(=O)[C@@H]1CCCC[C@@H]1NC(=O)c1ccc(CCCc2cccnc2)cc1. The molecule has 180 valence electrons. The van der Waals surface area contributed by atoms with Gasteiger partial charge >= 0.3 is 0 Å². The molecular formula is C28H36N4O2. The lowest BCUT2D eigenvalue weighted by Gasteiger charge is -2.32. The van der Waals surface area contributed by atoms with Crippen molar-refractivity contribution in [3.63, 3.8) is 0 Å². The van der Waals surface area contributed by atoms with Crippen LogP contribution in [0.4, 0.5) is 0 Å². The van der Waals surface area contributed by atoms with Gasteiger partial charge in [-0.15, -0.1) is 0 Å². The van der Waals surface area contributed by atoms with Crippen LogP contribution in [0.15, 0.2) is 48.8 Å². The van der Waals surface area contributed by atoms with Gasteiger partial charge in [-0.25, -0.2) is 0 Å². The first-order valence-corrected chi connectivity index (χ1v) is 12.4. The lowest BCUT2D eigenvalue weighted by Crippen LogP contribution is -2.50. The predicted octanol–water partition coefficient (Wildman–Crippen LogP) is 4.60. The number of carbonyl (C=O) groups is 2. The van der Waals surface area contributed by atoms with Crippen LogP contribution in [-0.2, 0) is 17.6 Å². The zero-order valence-corrected chi connectivity index (χ0v) is 20.3. The van der Waals surface area contributed by atoms with Gasteiger partial charge in [-0.05, 0) is 73.8 Å². The van der Waals surface area contributed by atoms with Crippen LogP contribution in [-0.4, -0.2) is 28.9 Å². The Morgan fingerprint density at radius 3 is 2.50 bits per heavy atom. The van der Waals surface area contributed by atoms with Gasteiger partial charge in [0.2, 0.25) is 5.91 Å². The first-order valence-electron chi connectivity index (χ1n) is 12.4. The van der Waals surface area contributed by atoms with E-state index in [4.69, 9.17) is 0 Å². The highest BCUT2D eigenvalue weighted by Gasteiger charge is 2.33. The third kappa shape index (κ3) is 7.69. The number of amides is 2. The number of nitrogens with one attached hydrogen (secondary N) is 2. The number of aryl methyl sites for hydroxylation is 2. The minimum Gasteiger partial charge on any atom is -0.349 e. The third-order valence-corrected chi connectivity index (χ3v) is 6.47. The summed E-state index contributed by atoms with van der Waals surface area (Å²) in [5.41, 5.74) is 3.04.